The fraction of sp³-hybridized carbons (Fsp3) is 0.200. The van der Waals surface area contributed by atoms with Crippen molar-refractivity contribution in [3.05, 3.63) is 59.1 Å². The Morgan fingerprint density at radius 2 is 1.89 bits per heavy atom. The van der Waals surface area contributed by atoms with Gasteiger partial charge >= 0.3 is 0 Å². The van der Waals surface area contributed by atoms with Gasteiger partial charge in [0.2, 0.25) is 0 Å². The molecular weight excluding hydrogens is 246 g/mol. The number of hydrogen-bond donors (Lipinski definition) is 1. The van der Waals surface area contributed by atoms with Crippen LogP contribution in [0.1, 0.15) is 12.5 Å². The van der Waals surface area contributed by atoms with E-state index in [-0.39, 0.29) is 0 Å². The Morgan fingerprint density at radius 3 is 2.61 bits per heavy atom. The van der Waals surface area contributed by atoms with Gasteiger partial charge in [-0.1, -0.05) is 23.7 Å². The molecule has 0 atom stereocenters. The van der Waals surface area contributed by atoms with Crippen molar-refractivity contribution in [2.75, 3.05) is 11.9 Å². The van der Waals surface area contributed by atoms with Crippen molar-refractivity contribution >= 4 is 17.3 Å². The van der Waals surface area contributed by atoms with E-state index in [1.54, 1.807) is 0 Å². The first-order valence-electron chi connectivity index (χ1n) is 5.99. The highest BCUT2D eigenvalue weighted by molar-refractivity contribution is 6.30. The van der Waals surface area contributed by atoms with Crippen molar-refractivity contribution in [2.24, 2.45) is 0 Å². The summed E-state index contributed by atoms with van der Waals surface area (Å²) in [5.74, 6) is 0.910. The average molecular weight is 262 g/mol. The number of ether oxygens (including phenoxy) is 1. The molecule has 0 bridgehead atoms. The van der Waals surface area contributed by atoms with Crippen LogP contribution >= 0.6 is 11.6 Å². The monoisotopic (exact) mass is 261 g/mol. The van der Waals surface area contributed by atoms with E-state index in [1.165, 1.54) is 5.56 Å². The van der Waals surface area contributed by atoms with Gasteiger partial charge in [0.15, 0.2) is 0 Å². The van der Waals surface area contributed by atoms with E-state index in [4.69, 9.17) is 16.3 Å². The standard InChI is InChI=1S/C15H16ClNO/c1-2-18-15-5-3-4-12(10-15)11-17-14-8-6-13(16)7-9-14/h3-10,17H,2,11H2,1H3. The Hall–Kier alpha value is -1.67. The van der Waals surface area contributed by atoms with E-state index in [1.807, 2.05) is 49.4 Å². The molecule has 0 heterocycles. The average Bonchev–Trinajstić information content (AvgIpc) is 2.39. The molecule has 0 fully saturated rings. The van der Waals surface area contributed by atoms with E-state index in [0.717, 1.165) is 23.0 Å². The summed E-state index contributed by atoms with van der Waals surface area (Å²) in [5, 5.41) is 4.09. The lowest BCUT2D eigenvalue weighted by atomic mass is 10.2. The van der Waals surface area contributed by atoms with Gasteiger partial charge in [0.25, 0.3) is 0 Å². The van der Waals surface area contributed by atoms with Gasteiger partial charge in [0.05, 0.1) is 6.61 Å². The van der Waals surface area contributed by atoms with Gasteiger partial charge in [-0.3, -0.25) is 0 Å². The number of benzene rings is 2. The second-order valence-corrected chi connectivity index (χ2v) is 4.38. The van der Waals surface area contributed by atoms with Crippen LogP contribution in [0.4, 0.5) is 5.69 Å². The van der Waals surface area contributed by atoms with Crippen molar-refractivity contribution in [3.63, 3.8) is 0 Å². The maximum atomic E-state index is 5.84. The lowest BCUT2D eigenvalue weighted by Crippen LogP contribution is -2.00. The maximum absolute atomic E-state index is 5.84. The molecular formula is C15H16ClNO. The summed E-state index contributed by atoms with van der Waals surface area (Å²) >= 11 is 5.84. The minimum absolute atomic E-state index is 0.689. The summed E-state index contributed by atoms with van der Waals surface area (Å²) in [6, 6.07) is 15.8. The second-order valence-electron chi connectivity index (χ2n) is 3.94. The van der Waals surface area contributed by atoms with Gasteiger partial charge in [-0.15, -0.1) is 0 Å². The molecule has 2 aromatic rings. The largest absolute Gasteiger partial charge is 0.494 e. The Balaban J connectivity index is 1.97. The second kappa shape index (κ2) is 6.31. The molecule has 0 saturated carbocycles. The van der Waals surface area contributed by atoms with Crippen LogP contribution in [0, 0.1) is 0 Å². The summed E-state index contributed by atoms with van der Waals surface area (Å²) < 4.78 is 5.47. The Morgan fingerprint density at radius 1 is 1.11 bits per heavy atom. The van der Waals surface area contributed by atoms with E-state index in [9.17, 15) is 0 Å². The van der Waals surface area contributed by atoms with Crippen molar-refractivity contribution in [2.45, 2.75) is 13.5 Å². The van der Waals surface area contributed by atoms with Gasteiger partial charge in [-0.25, -0.2) is 0 Å². The van der Waals surface area contributed by atoms with Crippen molar-refractivity contribution < 1.29 is 4.74 Å². The molecule has 94 valence electrons. The molecule has 0 spiro atoms. The minimum Gasteiger partial charge on any atom is -0.494 e. The number of hydrogen-bond acceptors (Lipinski definition) is 2. The highest BCUT2D eigenvalue weighted by atomic mass is 35.5. The van der Waals surface area contributed by atoms with Gasteiger partial charge < -0.3 is 10.1 Å². The zero-order chi connectivity index (χ0) is 12.8. The predicted molar refractivity (Wildman–Crippen MR) is 76.4 cm³/mol. The molecule has 0 unspecified atom stereocenters. The molecule has 3 heteroatoms. The first kappa shape index (κ1) is 12.8. The van der Waals surface area contributed by atoms with E-state index >= 15 is 0 Å². The molecule has 0 aliphatic carbocycles. The molecule has 0 aliphatic heterocycles. The summed E-state index contributed by atoms with van der Waals surface area (Å²) in [6.45, 7) is 3.44. The Labute approximate surface area is 113 Å². The quantitative estimate of drug-likeness (QED) is 0.864. The van der Waals surface area contributed by atoms with Crippen molar-refractivity contribution in [3.8, 4) is 5.75 Å². The lowest BCUT2D eigenvalue weighted by molar-refractivity contribution is 0.340. The molecule has 18 heavy (non-hydrogen) atoms. The van der Waals surface area contributed by atoms with Crippen LogP contribution in [-0.2, 0) is 6.54 Å². The summed E-state index contributed by atoms with van der Waals surface area (Å²) in [5.41, 5.74) is 2.25. The van der Waals surface area contributed by atoms with Crippen LogP contribution in [0.2, 0.25) is 5.02 Å². The zero-order valence-electron chi connectivity index (χ0n) is 10.3. The summed E-state index contributed by atoms with van der Waals surface area (Å²) in [4.78, 5) is 0. The van der Waals surface area contributed by atoms with Crippen molar-refractivity contribution in [1.82, 2.24) is 0 Å². The highest BCUT2D eigenvalue weighted by Crippen LogP contribution is 2.17. The number of halogens is 1. The van der Waals surface area contributed by atoms with Crippen molar-refractivity contribution in [1.29, 1.82) is 0 Å². The number of rotatable bonds is 5. The summed E-state index contributed by atoms with van der Waals surface area (Å²) in [7, 11) is 0. The topological polar surface area (TPSA) is 21.3 Å². The van der Waals surface area contributed by atoms with E-state index < -0.39 is 0 Å². The molecule has 0 radical (unpaired) electrons. The minimum atomic E-state index is 0.689. The van der Waals surface area contributed by atoms with Crippen LogP contribution in [0.3, 0.4) is 0 Å². The molecule has 0 saturated heterocycles. The van der Waals surface area contributed by atoms with Crippen LogP contribution < -0.4 is 10.1 Å². The van der Waals surface area contributed by atoms with Crippen LogP contribution in [0.15, 0.2) is 48.5 Å². The molecule has 2 nitrogen and oxygen atoms in total. The predicted octanol–water partition coefficient (Wildman–Crippen LogP) is 4.35. The SMILES string of the molecule is CCOc1cccc(CNc2ccc(Cl)cc2)c1. The van der Waals surface area contributed by atoms with E-state index in [0.29, 0.717) is 6.61 Å². The molecule has 0 amide bonds. The van der Waals surface area contributed by atoms with E-state index in [2.05, 4.69) is 11.4 Å². The van der Waals surface area contributed by atoms with Crippen LogP contribution in [0.25, 0.3) is 0 Å². The Bertz CT molecular complexity index is 496. The zero-order valence-corrected chi connectivity index (χ0v) is 11.1. The third kappa shape index (κ3) is 3.67. The number of nitrogens with one attached hydrogen (secondary N) is 1. The van der Waals surface area contributed by atoms with Gasteiger partial charge in [0.1, 0.15) is 5.75 Å². The lowest BCUT2D eigenvalue weighted by Gasteiger charge is -2.08. The molecule has 2 aromatic carbocycles. The first-order chi connectivity index (χ1) is 8.78. The maximum Gasteiger partial charge on any atom is 0.119 e. The highest BCUT2D eigenvalue weighted by Gasteiger charge is 1.97. The van der Waals surface area contributed by atoms with Crippen LogP contribution in [0.5, 0.6) is 5.75 Å². The van der Waals surface area contributed by atoms with Gasteiger partial charge in [0, 0.05) is 17.3 Å². The molecule has 0 aliphatic rings. The Kier molecular flexibility index (Phi) is 4.48. The molecule has 2 rings (SSSR count). The van der Waals surface area contributed by atoms with Gasteiger partial charge in [-0.2, -0.15) is 0 Å². The third-order valence-electron chi connectivity index (χ3n) is 2.55. The normalized spacial score (nSPS) is 10.1. The third-order valence-corrected chi connectivity index (χ3v) is 2.80. The van der Waals surface area contributed by atoms with Crippen LogP contribution in [-0.4, -0.2) is 6.61 Å². The molecule has 1 N–H and O–H groups in total. The fourth-order valence-corrected chi connectivity index (χ4v) is 1.81. The van der Waals surface area contributed by atoms with Gasteiger partial charge in [-0.05, 0) is 48.9 Å². The number of anilines is 1. The summed E-state index contributed by atoms with van der Waals surface area (Å²) in [6.07, 6.45) is 0. The smallest absolute Gasteiger partial charge is 0.119 e. The molecule has 0 aromatic heterocycles. The first-order valence-corrected chi connectivity index (χ1v) is 6.37. The fourth-order valence-electron chi connectivity index (χ4n) is 1.68.